The van der Waals surface area contributed by atoms with Crippen LogP contribution in [-0.4, -0.2) is 96.9 Å². The van der Waals surface area contributed by atoms with Crippen LogP contribution in [0.5, 0.6) is 0 Å². The number of nitrogens with two attached hydrogens (primary N) is 1. The fourth-order valence-electron chi connectivity index (χ4n) is 7.02. The number of hydrogen-bond acceptors (Lipinski definition) is 16. The van der Waals surface area contributed by atoms with Gasteiger partial charge in [-0.2, -0.15) is 9.29 Å². The Balaban J connectivity index is 1.86. The molecule has 1 aromatic heterocycles. The molecule has 73 heavy (non-hydrogen) atoms. The average molecular weight is 1070 g/mol. The molecule has 0 amide bonds. The molecule has 7 N–H and O–H groups in total. The highest BCUT2D eigenvalue weighted by Crippen LogP contribution is 2.60. The van der Waals surface area contributed by atoms with Crippen molar-refractivity contribution in [3.8, 4) is 0 Å². The summed E-state index contributed by atoms with van der Waals surface area (Å²) >= 11 is 0. The zero-order valence-corrected chi connectivity index (χ0v) is 44.6. The third-order valence-corrected chi connectivity index (χ3v) is 13.7. The van der Waals surface area contributed by atoms with Gasteiger partial charge in [-0.1, -0.05) is 150 Å². The van der Waals surface area contributed by atoms with Gasteiger partial charge >= 0.3 is 33.3 Å². The molecule has 0 spiro atoms. The number of phosphoric ester groups is 2. The Bertz CT molecular complexity index is 2070. The molecule has 1 aliphatic heterocycles. The molecule has 1 fully saturated rings. The number of ether oxygens (including phenoxy) is 3. The third-order valence-electron chi connectivity index (χ3n) is 11.1. The van der Waals surface area contributed by atoms with Gasteiger partial charge in [-0.3, -0.25) is 23.2 Å². The number of rotatable bonds is 41. The van der Waals surface area contributed by atoms with Crippen LogP contribution in [0.1, 0.15) is 155 Å². The molecule has 2 unspecified atom stereocenters. The van der Waals surface area contributed by atoms with E-state index in [-0.39, 0.29) is 18.7 Å². The number of nitrogen functional groups attached to an aromatic ring is 1. The normalized spacial score (nSPS) is 20.1. The van der Waals surface area contributed by atoms with E-state index in [2.05, 4.69) is 47.4 Å². The number of allylic oxidation sites excluding steroid dienone is 13. The van der Waals surface area contributed by atoms with Gasteiger partial charge in [-0.25, -0.2) is 13.9 Å². The molecular weight excluding hydrogens is 985 g/mol. The minimum Gasteiger partial charge on any atom is -0.462 e. The lowest BCUT2D eigenvalue weighted by atomic mass is 10.1. The van der Waals surface area contributed by atoms with Gasteiger partial charge in [0.2, 0.25) is 0 Å². The Morgan fingerprint density at radius 1 is 0.726 bits per heavy atom. The summed E-state index contributed by atoms with van der Waals surface area (Å²) in [5.41, 5.74) is 4.57. The van der Waals surface area contributed by atoms with E-state index in [1.54, 1.807) is 6.08 Å². The van der Waals surface area contributed by atoms with Gasteiger partial charge in [0, 0.05) is 19.0 Å². The lowest BCUT2D eigenvalue weighted by Crippen LogP contribution is -2.36. The zero-order chi connectivity index (χ0) is 53.6. The first-order valence-corrected chi connectivity index (χ1v) is 28.7. The van der Waals surface area contributed by atoms with E-state index in [0.717, 1.165) is 62.1 Å². The van der Waals surface area contributed by atoms with Gasteiger partial charge in [0.15, 0.2) is 12.3 Å². The summed E-state index contributed by atoms with van der Waals surface area (Å²) in [5.74, 6) is -1.47. The SMILES string of the molecule is CCCCCCCC/C=C\C/C=C\C/C=C\CCCC(=O)O[C@H](COC(=O)CCC/C=C\C/C=C\C/C=C\C=C\[C@H](O)CCCCC)COP(=O)(O)OP(=O)(O)OC[C@H]1O[C@@H](n2ccc(N)nc2=O)[C@H](O)[C@@H]1O. The van der Waals surface area contributed by atoms with Gasteiger partial charge in [0.05, 0.1) is 19.3 Å². The molecular formula is C52H83N3O16P2. The van der Waals surface area contributed by atoms with Crippen molar-refractivity contribution in [2.75, 3.05) is 25.6 Å². The number of unbranched alkanes of at least 4 members (excludes halogenated alkanes) is 10. The fraction of sp³-hybridized carbons (Fsp3) is 0.615. The largest absolute Gasteiger partial charge is 0.481 e. The van der Waals surface area contributed by atoms with Gasteiger partial charge in [0.1, 0.15) is 30.7 Å². The van der Waals surface area contributed by atoms with Crippen LogP contribution in [0.15, 0.2) is 102 Å². The third kappa shape index (κ3) is 32.1. The Hall–Kier alpha value is -4.10. The van der Waals surface area contributed by atoms with E-state index in [1.807, 2.05) is 54.7 Å². The number of hydrogen-bond donors (Lipinski definition) is 6. The Morgan fingerprint density at radius 2 is 1.27 bits per heavy atom. The van der Waals surface area contributed by atoms with E-state index in [1.165, 1.54) is 44.6 Å². The standard InChI is InChI=1S/C52H83N3O16P2/c1-3-5-7-8-9-10-11-12-13-14-15-16-19-23-26-29-33-37-48(58)69-44(40-66-47(57)36-32-28-25-22-20-17-18-21-24-27-31-35-43(56)34-30-6-4-2)41-67-72(62,63)71-73(64,65)68-42-45-49(59)50(60)51(70-45)55-39-38-46(53)54-52(55)61/h12-13,15-18,22-27,31,35,38-39,43-45,49-51,56,59-60H,3-11,14,19-21,28-30,32-34,36-37,40-42H2,1-2H3,(H,62,63)(H,64,65)(H2,53,54,61)/b13-12-,16-15-,18-17-,25-22-,26-23-,27-24-,35-31+/t43-,44-,45-,49-,50-,51-/m1/s1. The molecule has 2 heterocycles. The molecule has 19 nitrogen and oxygen atoms in total. The van der Waals surface area contributed by atoms with Crippen molar-refractivity contribution in [2.45, 2.75) is 185 Å². The lowest BCUT2D eigenvalue weighted by Gasteiger charge is -2.21. The Labute approximate surface area is 431 Å². The highest BCUT2D eigenvalue weighted by atomic mass is 31.3. The number of aromatic nitrogens is 2. The predicted octanol–water partition coefficient (Wildman–Crippen LogP) is 9.64. The molecule has 2 rings (SSSR count). The first-order chi connectivity index (χ1) is 35.1. The van der Waals surface area contributed by atoms with Gasteiger partial charge in [-0.05, 0) is 76.7 Å². The maximum absolute atomic E-state index is 12.8. The number of esters is 2. The highest BCUT2D eigenvalue weighted by Gasteiger charge is 2.46. The quantitative estimate of drug-likeness (QED) is 0.0117. The summed E-state index contributed by atoms with van der Waals surface area (Å²) in [6.07, 6.45) is 38.6. The number of phosphoric acid groups is 2. The molecule has 21 heteroatoms. The van der Waals surface area contributed by atoms with Crippen LogP contribution in [0.4, 0.5) is 5.82 Å². The first-order valence-electron chi connectivity index (χ1n) is 25.7. The van der Waals surface area contributed by atoms with Crippen molar-refractivity contribution in [3.63, 3.8) is 0 Å². The van der Waals surface area contributed by atoms with Crippen LogP contribution in [0.3, 0.4) is 0 Å². The van der Waals surface area contributed by atoms with Crippen molar-refractivity contribution >= 4 is 33.4 Å². The van der Waals surface area contributed by atoms with E-state index in [0.29, 0.717) is 32.1 Å². The van der Waals surface area contributed by atoms with Crippen molar-refractivity contribution in [2.24, 2.45) is 0 Å². The highest BCUT2D eigenvalue weighted by molar-refractivity contribution is 7.61. The predicted molar refractivity (Wildman–Crippen MR) is 281 cm³/mol. The number of aliphatic hydroxyl groups is 3. The van der Waals surface area contributed by atoms with Crippen LogP contribution >= 0.6 is 15.6 Å². The minimum absolute atomic E-state index is 0.0161. The number of carbonyl (C=O) groups is 2. The van der Waals surface area contributed by atoms with E-state index in [4.69, 9.17) is 29.0 Å². The minimum atomic E-state index is -5.46. The van der Waals surface area contributed by atoms with Crippen molar-refractivity contribution in [1.29, 1.82) is 0 Å². The van der Waals surface area contributed by atoms with Crippen LogP contribution in [0.2, 0.25) is 0 Å². The summed E-state index contributed by atoms with van der Waals surface area (Å²) in [7, 11) is -10.9. The van der Waals surface area contributed by atoms with Crippen LogP contribution in [0, 0.1) is 0 Å². The van der Waals surface area contributed by atoms with E-state index < -0.39 is 89.8 Å². The van der Waals surface area contributed by atoms with E-state index >= 15 is 0 Å². The van der Waals surface area contributed by atoms with Crippen LogP contribution < -0.4 is 11.4 Å². The van der Waals surface area contributed by atoms with Gasteiger partial charge < -0.3 is 45.1 Å². The molecule has 0 radical (unpaired) electrons. The first kappa shape index (κ1) is 65.0. The summed E-state index contributed by atoms with van der Waals surface area (Å²) in [6.45, 7) is 1.91. The molecule has 0 saturated carbocycles. The number of carbonyl (C=O) groups excluding carboxylic acids is 2. The fourth-order valence-corrected chi connectivity index (χ4v) is 9.13. The number of nitrogens with zero attached hydrogens (tertiary/aromatic N) is 2. The lowest BCUT2D eigenvalue weighted by molar-refractivity contribution is -0.161. The molecule has 1 aromatic rings. The van der Waals surface area contributed by atoms with Crippen molar-refractivity contribution < 1.29 is 71.4 Å². The molecule has 412 valence electrons. The summed E-state index contributed by atoms with van der Waals surface area (Å²) in [6, 6.07) is 1.24. The van der Waals surface area contributed by atoms with Crippen molar-refractivity contribution in [3.05, 3.63) is 108 Å². The second kappa shape index (κ2) is 39.3. The molecule has 0 bridgehead atoms. The molecule has 1 saturated heterocycles. The number of aliphatic hydroxyl groups excluding tert-OH is 3. The smallest absolute Gasteiger partial charge is 0.462 e. The zero-order valence-electron chi connectivity index (χ0n) is 42.8. The monoisotopic (exact) mass is 1070 g/mol. The number of anilines is 1. The Morgan fingerprint density at radius 3 is 1.90 bits per heavy atom. The van der Waals surface area contributed by atoms with Crippen LogP contribution in [-0.2, 0) is 46.3 Å². The molecule has 0 aromatic carbocycles. The maximum Gasteiger partial charge on any atom is 0.481 e. The Kier molecular flexibility index (Phi) is 35.0. The second-order valence-corrected chi connectivity index (χ2v) is 20.6. The molecule has 0 aliphatic carbocycles. The second-order valence-electron chi connectivity index (χ2n) is 17.5. The van der Waals surface area contributed by atoms with Crippen LogP contribution in [0.25, 0.3) is 0 Å². The van der Waals surface area contributed by atoms with E-state index in [9.17, 15) is 48.6 Å². The van der Waals surface area contributed by atoms with Gasteiger partial charge in [0.25, 0.3) is 0 Å². The average Bonchev–Trinajstić information content (AvgIpc) is 3.62. The topological polar surface area (TPSA) is 286 Å². The molecule has 8 atom stereocenters. The summed E-state index contributed by atoms with van der Waals surface area (Å²) in [4.78, 5) is 61.9. The summed E-state index contributed by atoms with van der Waals surface area (Å²) in [5, 5.41) is 30.8. The van der Waals surface area contributed by atoms with Gasteiger partial charge in [-0.15, -0.1) is 0 Å². The maximum atomic E-state index is 12.8. The van der Waals surface area contributed by atoms with Crippen molar-refractivity contribution in [1.82, 2.24) is 9.55 Å². The summed E-state index contributed by atoms with van der Waals surface area (Å²) < 4.78 is 56.6. The molecule has 1 aliphatic rings.